The van der Waals surface area contributed by atoms with Crippen LogP contribution < -0.4 is 0 Å². The first-order chi connectivity index (χ1) is 4.06. The van der Waals surface area contributed by atoms with Crippen LogP contribution in [0.2, 0.25) is 0 Å². The van der Waals surface area contributed by atoms with Gasteiger partial charge in [-0.3, -0.25) is 0 Å². The lowest BCUT2D eigenvalue weighted by Gasteiger charge is -1.89. The molecule has 50 valence electrons. The van der Waals surface area contributed by atoms with Crippen molar-refractivity contribution in [3.63, 3.8) is 0 Å². The Hall–Kier alpha value is -1.02. The van der Waals surface area contributed by atoms with Crippen molar-refractivity contribution in [2.45, 2.75) is 0 Å². The van der Waals surface area contributed by atoms with E-state index in [0.29, 0.717) is 0 Å². The van der Waals surface area contributed by atoms with Crippen LogP contribution in [0.15, 0.2) is 12.3 Å². The first-order valence-electron chi connectivity index (χ1n) is 1.99. The summed E-state index contributed by atoms with van der Waals surface area (Å²) in [5.74, 6) is 0. The van der Waals surface area contributed by atoms with E-state index < -0.39 is 10.1 Å². The zero-order valence-corrected chi connectivity index (χ0v) is 5.55. The van der Waals surface area contributed by atoms with Gasteiger partial charge in [0.15, 0.2) is 0 Å². The molecule has 4 nitrogen and oxygen atoms in total. The van der Waals surface area contributed by atoms with Crippen LogP contribution in [0.25, 0.3) is 0 Å². The molecule has 0 atom stereocenters. The van der Waals surface area contributed by atoms with Crippen molar-refractivity contribution < 1.29 is 12.6 Å². The molecule has 0 fully saturated rings. The van der Waals surface area contributed by atoms with Gasteiger partial charge < -0.3 is 4.18 Å². The molecule has 0 saturated carbocycles. The van der Waals surface area contributed by atoms with Crippen LogP contribution >= 0.6 is 0 Å². The summed E-state index contributed by atoms with van der Waals surface area (Å²) in [6.45, 7) is 0. The Morgan fingerprint density at radius 3 is 2.56 bits per heavy atom. The standard InChI is InChI=1S/C4H5NO3S/c1-9(6,7)8-4-2-3-5/h2,4H,1H3. The van der Waals surface area contributed by atoms with Crippen molar-refractivity contribution in [1.29, 1.82) is 5.26 Å². The molecule has 0 aromatic heterocycles. The molecule has 0 radical (unpaired) electrons. The second-order valence-corrected chi connectivity index (χ2v) is 2.83. The molecule has 0 bridgehead atoms. The van der Waals surface area contributed by atoms with Crippen LogP contribution in [0.5, 0.6) is 0 Å². The number of hydrogen-bond acceptors (Lipinski definition) is 4. The maximum atomic E-state index is 10.1. The number of allylic oxidation sites excluding steroid dienone is 1. The molecule has 5 heteroatoms. The van der Waals surface area contributed by atoms with Gasteiger partial charge in [-0.1, -0.05) is 0 Å². The third kappa shape index (κ3) is 6.98. The fourth-order valence-electron chi connectivity index (χ4n) is 0.159. The molecule has 0 unspecified atom stereocenters. The van der Waals surface area contributed by atoms with E-state index in [1.807, 2.05) is 0 Å². The molecule has 0 heterocycles. The minimum Gasteiger partial charge on any atom is -0.390 e. The molecule has 0 aromatic carbocycles. The molecular weight excluding hydrogens is 142 g/mol. The van der Waals surface area contributed by atoms with Gasteiger partial charge in [0.2, 0.25) is 0 Å². The SMILES string of the molecule is CS(=O)(=O)OC=CC#N. The number of hydrogen-bond donors (Lipinski definition) is 0. The molecule has 9 heavy (non-hydrogen) atoms. The van der Waals surface area contributed by atoms with Gasteiger partial charge in [-0.2, -0.15) is 13.7 Å². The summed E-state index contributed by atoms with van der Waals surface area (Å²) in [4.78, 5) is 0. The fraction of sp³-hybridized carbons (Fsp3) is 0.250. The second-order valence-electron chi connectivity index (χ2n) is 1.23. The van der Waals surface area contributed by atoms with E-state index in [1.54, 1.807) is 6.07 Å². The summed E-state index contributed by atoms with van der Waals surface area (Å²) in [5.41, 5.74) is 0. The molecule has 0 N–H and O–H groups in total. The summed E-state index contributed by atoms with van der Waals surface area (Å²) < 4.78 is 24.3. The number of nitriles is 1. The first kappa shape index (κ1) is 7.98. The maximum absolute atomic E-state index is 10.1. The highest BCUT2D eigenvalue weighted by molar-refractivity contribution is 7.86. The zero-order valence-electron chi connectivity index (χ0n) is 4.73. The van der Waals surface area contributed by atoms with Gasteiger partial charge >= 0.3 is 10.1 Å². The van der Waals surface area contributed by atoms with Gasteiger partial charge in [0.25, 0.3) is 0 Å². The lowest BCUT2D eigenvalue weighted by Crippen LogP contribution is -1.95. The fourth-order valence-corrected chi connectivity index (χ4v) is 0.417. The minimum atomic E-state index is -3.43. The first-order valence-corrected chi connectivity index (χ1v) is 3.81. The summed E-state index contributed by atoms with van der Waals surface area (Å²) in [6.07, 6.45) is 2.64. The Bertz CT molecular complexity index is 233. The van der Waals surface area contributed by atoms with E-state index in [4.69, 9.17) is 5.26 Å². The Kier molecular flexibility index (Phi) is 2.74. The topological polar surface area (TPSA) is 67.2 Å². The van der Waals surface area contributed by atoms with E-state index in [9.17, 15) is 8.42 Å². The van der Waals surface area contributed by atoms with Gasteiger partial charge in [0, 0.05) is 0 Å². The van der Waals surface area contributed by atoms with Gasteiger partial charge in [0.05, 0.1) is 18.4 Å². The average molecular weight is 147 g/mol. The molecule has 0 saturated heterocycles. The smallest absolute Gasteiger partial charge is 0.305 e. The highest BCUT2D eigenvalue weighted by atomic mass is 32.2. The van der Waals surface area contributed by atoms with Crippen LogP contribution in [0.4, 0.5) is 0 Å². The quantitative estimate of drug-likeness (QED) is 0.313. The largest absolute Gasteiger partial charge is 0.390 e. The highest BCUT2D eigenvalue weighted by Gasteiger charge is 1.94. The third-order valence-electron chi connectivity index (χ3n) is 0.373. The maximum Gasteiger partial charge on any atom is 0.305 e. The van der Waals surface area contributed by atoms with E-state index in [-0.39, 0.29) is 0 Å². The van der Waals surface area contributed by atoms with Crippen LogP contribution in [-0.4, -0.2) is 14.7 Å². The van der Waals surface area contributed by atoms with Crippen LogP contribution in [-0.2, 0) is 14.3 Å². The molecule has 0 aliphatic carbocycles. The molecule has 0 aliphatic rings. The van der Waals surface area contributed by atoms with Gasteiger partial charge in [0.1, 0.15) is 6.26 Å². The minimum absolute atomic E-state index is 0.815. The molecule has 0 rings (SSSR count). The van der Waals surface area contributed by atoms with Crippen molar-refractivity contribution in [1.82, 2.24) is 0 Å². The van der Waals surface area contributed by atoms with E-state index >= 15 is 0 Å². The van der Waals surface area contributed by atoms with Gasteiger partial charge in [-0.25, -0.2) is 0 Å². The normalized spacial score (nSPS) is 11.1. The summed E-state index contributed by atoms with van der Waals surface area (Å²) >= 11 is 0. The monoisotopic (exact) mass is 147 g/mol. The van der Waals surface area contributed by atoms with E-state index in [0.717, 1.165) is 18.6 Å². The Balaban J connectivity index is 3.83. The zero-order chi connectivity index (χ0) is 7.33. The van der Waals surface area contributed by atoms with Gasteiger partial charge in [-0.15, -0.1) is 0 Å². The Morgan fingerprint density at radius 2 is 2.22 bits per heavy atom. The van der Waals surface area contributed by atoms with Crippen molar-refractivity contribution in [3.8, 4) is 6.07 Å². The van der Waals surface area contributed by atoms with E-state index in [1.165, 1.54) is 0 Å². The summed E-state index contributed by atoms with van der Waals surface area (Å²) in [5, 5.41) is 7.85. The number of rotatable bonds is 2. The predicted molar refractivity (Wildman–Crippen MR) is 30.7 cm³/mol. The lowest BCUT2D eigenvalue weighted by molar-refractivity contribution is 0.450. The molecule has 0 spiro atoms. The molecule has 0 aliphatic heterocycles. The summed E-state index contributed by atoms with van der Waals surface area (Å²) in [6, 6.07) is 1.57. The van der Waals surface area contributed by atoms with Crippen LogP contribution in [0.3, 0.4) is 0 Å². The predicted octanol–water partition coefficient (Wildman–Crippen LogP) is -0.000120. The lowest BCUT2D eigenvalue weighted by atomic mass is 10.7. The van der Waals surface area contributed by atoms with Gasteiger partial charge in [-0.05, 0) is 0 Å². The van der Waals surface area contributed by atoms with Crippen molar-refractivity contribution in [2.24, 2.45) is 0 Å². The summed E-state index contributed by atoms with van der Waals surface area (Å²) in [7, 11) is -3.43. The molecular formula is C4H5NO3S. The third-order valence-corrected chi connectivity index (χ3v) is 0.834. The van der Waals surface area contributed by atoms with Crippen LogP contribution in [0.1, 0.15) is 0 Å². The highest BCUT2D eigenvalue weighted by Crippen LogP contribution is 1.85. The van der Waals surface area contributed by atoms with Crippen molar-refractivity contribution in [3.05, 3.63) is 12.3 Å². The second kappa shape index (κ2) is 3.10. The Morgan fingerprint density at radius 1 is 1.67 bits per heavy atom. The van der Waals surface area contributed by atoms with Crippen LogP contribution in [0, 0.1) is 11.3 Å². The van der Waals surface area contributed by atoms with Crippen molar-refractivity contribution in [2.75, 3.05) is 6.26 Å². The Labute approximate surface area is 53.5 Å². The molecule has 0 amide bonds. The number of nitrogens with zero attached hydrogens (tertiary/aromatic N) is 1. The molecule has 0 aromatic rings. The van der Waals surface area contributed by atoms with Crippen molar-refractivity contribution >= 4 is 10.1 Å². The van der Waals surface area contributed by atoms with E-state index in [2.05, 4.69) is 4.18 Å². The average Bonchev–Trinajstić information content (AvgIpc) is 1.63.